The second-order valence-corrected chi connectivity index (χ2v) is 6.87. The van der Waals surface area contributed by atoms with E-state index in [4.69, 9.17) is 11.6 Å². The van der Waals surface area contributed by atoms with E-state index in [-0.39, 0.29) is 5.41 Å². The van der Waals surface area contributed by atoms with Crippen molar-refractivity contribution in [3.05, 3.63) is 57.5 Å². The topological polar surface area (TPSA) is 12.0 Å². The molecule has 0 aliphatic rings. The zero-order chi connectivity index (χ0) is 14.0. The van der Waals surface area contributed by atoms with Gasteiger partial charge in [-0.15, -0.1) is 0 Å². The van der Waals surface area contributed by atoms with E-state index in [1.54, 1.807) is 0 Å². The Bertz CT molecular complexity index is 570. The molecule has 1 nitrogen and oxygen atoms in total. The molecule has 0 radical (unpaired) electrons. The van der Waals surface area contributed by atoms with E-state index in [0.29, 0.717) is 0 Å². The largest absolute Gasteiger partial charge is 0.355 e. The van der Waals surface area contributed by atoms with Gasteiger partial charge >= 0.3 is 0 Å². The second kappa shape index (κ2) is 5.56. The first kappa shape index (κ1) is 14.4. The Kier molecular flexibility index (Phi) is 4.22. The zero-order valence-electron chi connectivity index (χ0n) is 11.3. The molecule has 2 aromatic rings. The van der Waals surface area contributed by atoms with Crippen LogP contribution < -0.4 is 5.32 Å². The van der Waals surface area contributed by atoms with Gasteiger partial charge in [-0.2, -0.15) is 0 Å². The zero-order valence-corrected chi connectivity index (χ0v) is 13.6. The first-order chi connectivity index (χ1) is 8.86. The van der Waals surface area contributed by atoms with Crippen molar-refractivity contribution in [1.82, 2.24) is 0 Å². The van der Waals surface area contributed by atoms with E-state index in [1.807, 2.05) is 24.3 Å². The van der Waals surface area contributed by atoms with Gasteiger partial charge in [-0.3, -0.25) is 0 Å². The highest BCUT2D eigenvalue weighted by Crippen LogP contribution is 2.31. The van der Waals surface area contributed by atoms with Crippen LogP contribution in [0.1, 0.15) is 26.3 Å². The molecule has 0 fully saturated rings. The molecule has 0 spiro atoms. The molecule has 0 amide bonds. The van der Waals surface area contributed by atoms with E-state index in [1.165, 1.54) is 5.56 Å². The third kappa shape index (κ3) is 3.74. The lowest BCUT2D eigenvalue weighted by atomic mass is 9.87. The minimum atomic E-state index is 0.154. The molecule has 3 heteroatoms. The van der Waals surface area contributed by atoms with Gasteiger partial charge in [0.1, 0.15) is 0 Å². The molecule has 0 unspecified atom stereocenters. The molecular weight excluding hydrogens is 322 g/mol. The molecule has 0 saturated carbocycles. The summed E-state index contributed by atoms with van der Waals surface area (Å²) in [5.41, 5.74) is 3.53. The van der Waals surface area contributed by atoms with E-state index < -0.39 is 0 Å². The Hall–Kier alpha value is -0.990. The summed E-state index contributed by atoms with van der Waals surface area (Å²) in [6.07, 6.45) is 0. The highest BCUT2D eigenvalue weighted by molar-refractivity contribution is 9.10. The smallest absolute Gasteiger partial charge is 0.0528 e. The highest BCUT2D eigenvalue weighted by atomic mass is 79.9. The quantitative estimate of drug-likeness (QED) is 0.693. The summed E-state index contributed by atoms with van der Waals surface area (Å²) < 4.78 is 1.06. The lowest BCUT2D eigenvalue weighted by Crippen LogP contribution is -2.11. The molecule has 100 valence electrons. The van der Waals surface area contributed by atoms with E-state index in [0.717, 1.165) is 20.9 Å². The molecule has 19 heavy (non-hydrogen) atoms. The Labute approximate surface area is 128 Å². The van der Waals surface area contributed by atoms with Crippen molar-refractivity contribution in [2.75, 3.05) is 5.32 Å². The van der Waals surface area contributed by atoms with Gasteiger partial charge in [0.15, 0.2) is 0 Å². The predicted molar refractivity (Wildman–Crippen MR) is 87.6 cm³/mol. The Morgan fingerprint density at radius 3 is 2.16 bits per heavy atom. The Balaban J connectivity index is 2.24. The van der Waals surface area contributed by atoms with E-state index in [9.17, 15) is 0 Å². The first-order valence-corrected chi connectivity index (χ1v) is 7.36. The first-order valence-electron chi connectivity index (χ1n) is 6.19. The van der Waals surface area contributed by atoms with Crippen LogP contribution in [0.5, 0.6) is 0 Å². The molecule has 0 bridgehead atoms. The second-order valence-electron chi connectivity index (χ2n) is 5.58. The van der Waals surface area contributed by atoms with Gasteiger partial charge in [0.25, 0.3) is 0 Å². The maximum Gasteiger partial charge on any atom is 0.0528 e. The van der Waals surface area contributed by atoms with Crippen molar-refractivity contribution < 1.29 is 0 Å². The lowest BCUT2D eigenvalue weighted by Gasteiger charge is -2.20. The number of halogens is 2. The summed E-state index contributed by atoms with van der Waals surface area (Å²) in [6, 6.07) is 14.1. The predicted octanol–water partition coefficient (Wildman–Crippen LogP) is 6.14. The fourth-order valence-corrected chi connectivity index (χ4v) is 2.38. The number of nitrogens with one attached hydrogen (secondary N) is 1. The summed E-state index contributed by atoms with van der Waals surface area (Å²) in [7, 11) is 0. The molecular formula is C16H17BrClN. The molecule has 0 aliphatic heterocycles. The average molecular weight is 339 g/mol. The fourth-order valence-electron chi connectivity index (χ4n) is 1.77. The highest BCUT2D eigenvalue weighted by Gasteiger charge is 2.14. The minimum Gasteiger partial charge on any atom is -0.355 e. The van der Waals surface area contributed by atoms with Crippen LogP contribution in [-0.2, 0) is 5.41 Å². The minimum absolute atomic E-state index is 0.154. The molecule has 1 N–H and O–H groups in total. The van der Waals surface area contributed by atoms with Crippen LogP contribution in [-0.4, -0.2) is 0 Å². The monoisotopic (exact) mass is 337 g/mol. The fraction of sp³-hybridized carbons (Fsp3) is 0.250. The van der Waals surface area contributed by atoms with Crippen LogP contribution in [0.2, 0.25) is 5.02 Å². The van der Waals surface area contributed by atoms with E-state index in [2.05, 4.69) is 60.2 Å². The number of rotatable bonds is 2. The number of hydrogen-bond donors (Lipinski definition) is 1. The van der Waals surface area contributed by atoms with Crippen molar-refractivity contribution >= 4 is 38.9 Å². The van der Waals surface area contributed by atoms with Crippen LogP contribution in [0.15, 0.2) is 46.9 Å². The molecule has 0 saturated heterocycles. The number of anilines is 2. The maximum atomic E-state index is 5.88. The molecule has 0 heterocycles. The summed E-state index contributed by atoms with van der Waals surface area (Å²) in [5, 5.41) is 4.12. The number of hydrogen-bond acceptors (Lipinski definition) is 1. The third-order valence-electron chi connectivity index (χ3n) is 2.96. The summed E-state index contributed by atoms with van der Waals surface area (Å²) in [6.45, 7) is 6.63. The van der Waals surface area contributed by atoms with Crippen molar-refractivity contribution in [3.8, 4) is 0 Å². The average Bonchev–Trinajstić information content (AvgIpc) is 2.33. The lowest BCUT2D eigenvalue weighted by molar-refractivity contribution is 0.590. The van der Waals surface area contributed by atoms with Crippen molar-refractivity contribution in [2.24, 2.45) is 0 Å². The summed E-state index contributed by atoms with van der Waals surface area (Å²) in [5.74, 6) is 0. The summed E-state index contributed by atoms with van der Waals surface area (Å²) >= 11 is 9.50. The Morgan fingerprint density at radius 2 is 1.63 bits per heavy atom. The standard InChI is InChI=1S/C16H17BrClN/c1-16(2,3)11-4-9-15(14(17)10-11)19-13-7-5-12(18)6-8-13/h4-10,19H,1-3H3. The third-order valence-corrected chi connectivity index (χ3v) is 3.87. The number of benzene rings is 2. The van der Waals surface area contributed by atoms with Crippen LogP contribution in [0.3, 0.4) is 0 Å². The van der Waals surface area contributed by atoms with E-state index >= 15 is 0 Å². The summed E-state index contributed by atoms with van der Waals surface area (Å²) in [4.78, 5) is 0. The van der Waals surface area contributed by atoms with Crippen LogP contribution in [0.4, 0.5) is 11.4 Å². The van der Waals surface area contributed by atoms with Crippen molar-refractivity contribution in [1.29, 1.82) is 0 Å². The van der Waals surface area contributed by atoms with Gasteiger partial charge < -0.3 is 5.32 Å². The van der Waals surface area contributed by atoms with Gasteiger partial charge in [0.2, 0.25) is 0 Å². The van der Waals surface area contributed by atoms with Crippen LogP contribution in [0.25, 0.3) is 0 Å². The van der Waals surface area contributed by atoms with Gasteiger partial charge in [0, 0.05) is 15.2 Å². The molecule has 2 rings (SSSR count). The normalized spacial score (nSPS) is 11.4. The molecule has 0 atom stereocenters. The van der Waals surface area contributed by atoms with Gasteiger partial charge in [-0.05, 0) is 63.3 Å². The molecule has 0 aromatic heterocycles. The Morgan fingerprint density at radius 1 is 1.00 bits per heavy atom. The van der Waals surface area contributed by atoms with Crippen molar-refractivity contribution in [3.63, 3.8) is 0 Å². The maximum absolute atomic E-state index is 5.88. The van der Waals surface area contributed by atoms with Crippen LogP contribution in [0, 0.1) is 0 Å². The van der Waals surface area contributed by atoms with Crippen molar-refractivity contribution in [2.45, 2.75) is 26.2 Å². The SMILES string of the molecule is CC(C)(C)c1ccc(Nc2ccc(Cl)cc2)c(Br)c1. The molecule has 0 aliphatic carbocycles. The van der Waals surface area contributed by atoms with Gasteiger partial charge in [-0.25, -0.2) is 0 Å². The van der Waals surface area contributed by atoms with Gasteiger partial charge in [0.05, 0.1) is 5.69 Å². The van der Waals surface area contributed by atoms with Gasteiger partial charge in [-0.1, -0.05) is 38.4 Å². The molecule has 2 aromatic carbocycles. The van der Waals surface area contributed by atoms with Crippen LogP contribution >= 0.6 is 27.5 Å².